The second-order valence-electron chi connectivity index (χ2n) is 4.48. The minimum Gasteiger partial charge on any atom is -0.496 e. The molecule has 126 valence electrons. The van der Waals surface area contributed by atoms with Gasteiger partial charge in [-0.05, 0) is 34.1 Å². The zero-order valence-corrected chi connectivity index (χ0v) is 15.6. The molecule has 0 bridgehead atoms. The molecular weight excluding hydrogens is 394 g/mol. The molecule has 0 aliphatic rings. The van der Waals surface area contributed by atoms with Gasteiger partial charge in [0.15, 0.2) is 0 Å². The maximum Gasteiger partial charge on any atom is 0.250 e. The fourth-order valence-corrected chi connectivity index (χ4v) is 2.94. The number of methoxy groups -OCH3 is 2. The van der Waals surface area contributed by atoms with Crippen LogP contribution in [0.3, 0.4) is 0 Å². The lowest BCUT2D eigenvalue weighted by Crippen LogP contribution is -2.19. The molecule has 0 saturated carbocycles. The number of hydrazone groups is 1. The van der Waals surface area contributed by atoms with Crippen molar-refractivity contribution in [3.63, 3.8) is 0 Å². The van der Waals surface area contributed by atoms with Crippen molar-refractivity contribution >= 4 is 39.8 Å². The van der Waals surface area contributed by atoms with Crippen molar-refractivity contribution in [1.82, 2.24) is 10.4 Å². The number of halogens is 1. The molecule has 1 heterocycles. The van der Waals surface area contributed by atoms with Crippen LogP contribution < -0.4 is 14.9 Å². The third-order valence-electron chi connectivity index (χ3n) is 2.89. The van der Waals surface area contributed by atoms with Gasteiger partial charge in [-0.15, -0.1) is 0 Å². The molecule has 0 unspecified atom stereocenters. The lowest BCUT2D eigenvalue weighted by Gasteiger charge is -2.09. The highest BCUT2D eigenvalue weighted by Gasteiger charge is 2.08. The first-order chi connectivity index (χ1) is 11.6. The summed E-state index contributed by atoms with van der Waals surface area (Å²) in [5.41, 5.74) is 3.19. The number of pyridine rings is 1. The third-order valence-corrected chi connectivity index (χ3v) is 4.45. The zero-order chi connectivity index (χ0) is 17.4. The van der Waals surface area contributed by atoms with Gasteiger partial charge in [-0.1, -0.05) is 17.8 Å². The van der Waals surface area contributed by atoms with E-state index in [9.17, 15) is 4.79 Å². The molecule has 6 nitrogen and oxygen atoms in total. The number of nitrogens with zero attached hydrogens (tertiary/aromatic N) is 2. The molecule has 0 atom stereocenters. The van der Waals surface area contributed by atoms with E-state index in [4.69, 9.17) is 9.47 Å². The number of ether oxygens (including phenoxy) is 2. The van der Waals surface area contributed by atoms with Crippen LogP contribution in [-0.2, 0) is 4.79 Å². The molecule has 2 rings (SSSR count). The first-order valence-electron chi connectivity index (χ1n) is 6.91. The van der Waals surface area contributed by atoms with E-state index in [1.54, 1.807) is 32.5 Å². The standard InChI is InChI=1S/C16H16BrN3O3S/c1-22-13-8-14(23-2)12(17)7-11(13)9-19-20-15(21)10-24-16-5-3-4-6-18-16/h3-9H,10H2,1-2H3,(H,20,21). The summed E-state index contributed by atoms with van der Waals surface area (Å²) >= 11 is 4.75. The molecule has 8 heteroatoms. The Morgan fingerprint density at radius 1 is 1.33 bits per heavy atom. The SMILES string of the molecule is COc1cc(OC)c(C=NNC(=O)CSc2ccccn2)cc1Br. The van der Waals surface area contributed by atoms with Crippen LogP contribution >= 0.6 is 27.7 Å². The number of carbonyl (C=O) groups excluding carboxylic acids is 1. The number of amides is 1. The summed E-state index contributed by atoms with van der Waals surface area (Å²) in [5.74, 6) is 1.27. The maximum absolute atomic E-state index is 11.8. The first kappa shape index (κ1) is 18.3. The Morgan fingerprint density at radius 2 is 2.12 bits per heavy atom. The van der Waals surface area contributed by atoms with Crippen LogP contribution in [0.4, 0.5) is 0 Å². The predicted octanol–water partition coefficient (Wildman–Crippen LogP) is 3.10. The van der Waals surface area contributed by atoms with Gasteiger partial charge in [0.2, 0.25) is 5.91 Å². The third kappa shape index (κ3) is 5.24. The summed E-state index contributed by atoms with van der Waals surface area (Å²) in [4.78, 5) is 15.9. The van der Waals surface area contributed by atoms with Crippen molar-refractivity contribution in [3.8, 4) is 11.5 Å². The molecule has 0 aliphatic carbocycles. The molecule has 24 heavy (non-hydrogen) atoms. The van der Waals surface area contributed by atoms with Crippen LogP contribution in [0.5, 0.6) is 11.5 Å². The van der Waals surface area contributed by atoms with Gasteiger partial charge in [0, 0.05) is 17.8 Å². The summed E-state index contributed by atoms with van der Waals surface area (Å²) in [6.45, 7) is 0. The number of carbonyl (C=O) groups is 1. The Balaban J connectivity index is 1.93. The molecule has 1 N–H and O–H groups in total. The molecule has 0 radical (unpaired) electrons. The minimum absolute atomic E-state index is 0.214. The summed E-state index contributed by atoms with van der Waals surface area (Å²) in [6, 6.07) is 9.09. The molecule has 0 saturated heterocycles. The topological polar surface area (TPSA) is 72.8 Å². The molecule has 0 spiro atoms. The van der Waals surface area contributed by atoms with Crippen molar-refractivity contribution in [3.05, 3.63) is 46.6 Å². The van der Waals surface area contributed by atoms with Crippen LogP contribution in [0.15, 0.2) is 51.1 Å². The lowest BCUT2D eigenvalue weighted by molar-refractivity contribution is -0.118. The normalized spacial score (nSPS) is 10.6. The van der Waals surface area contributed by atoms with E-state index >= 15 is 0 Å². The van der Waals surface area contributed by atoms with Gasteiger partial charge in [-0.2, -0.15) is 5.10 Å². The largest absolute Gasteiger partial charge is 0.496 e. The fourth-order valence-electron chi connectivity index (χ4n) is 1.76. The lowest BCUT2D eigenvalue weighted by atomic mass is 10.2. The number of hydrogen-bond acceptors (Lipinski definition) is 6. The van der Waals surface area contributed by atoms with Gasteiger partial charge in [-0.3, -0.25) is 4.79 Å². The van der Waals surface area contributed by atoms with Crippen LogP contribution in [0.25, 0.3) is 0 Å². The maximum atomic E-state index is 11.8. The first-order valence-corrected chi connectivity index (χ1v) is 8.69. The van der Waals surface area contributed by atoms with E-state index in [0.29, 0.717) is 17.1 Å². The number of thioether (sulfide) groups is 1. The average molecular weight is 410 g/mol. The summed E-state index contributed by atoms with van der Waals surface area (Å²) in [5, 5.41) is 4.75. The Bertz CT molecular complexity index is 726. The Kier molecular flexibility index (Phi) is 7.07. The number of nitrogens with one attached hydrogen (secondary N) is 1. The fraction of sp³-hybridized carbons (Fsp3) is 0.188. The van der Waals surface area contributed by atoms with E-state index in [1.165, 1.54) is 18.0 Å². The smallest absolute Gasteiger partial charge is 0.250 e. The van der Waals surface area contributed by atoms with Crippen LogP contribution in [0, 0.1) is 0 Å². The van der Waals surface area contributed by atoms with Crippen molar-refractivity contribution in [2.45, 2.75) is 5.03 Å². The van der Waals surface area contributed by atoms with Crippen molar-refractivity contribution < 1.29 is 14.3 Å². The molecule has 0 fully saturated rings. The van der Waals surface area contributed by atoms with Crippen molar-refractivity contribution in [2.75, 3.05) is 20.0 Å². The van der Waals surface area contributed by atoms with Gasteiger partial charge < -0.3 is 9.47 Å². The quantitative estimate of drug-likeness (QED) is 0.432. The zero-order valence-electron chi connectivity index (χ0n) is 13.2. The molecular formula is C16H16BrN3O3S. The molecule has 1 amide bonds. The highest BCUT2D eigenvalue weighted by atomic mass is 79.9. The van der Waals surface area contributed by atoms with Crippen molar-refractivity contribution in [2.24, 2.45) is 5.10 Å². The Hall–Kier alpha value is -2.06. The van der Waals surface area contributed by atoms with Gasteiger partial charge in [0.25, 0.3) is 0 Å². The minimum atomic E-state index is -0.214. The summed E-state index contributed by atoms with van der Waals surface area (Å²) in [7, 11) is 3.13. The highest BCUT2D eigenvalue weighted by molar-refractivity contribution is 9.10. The van der Waals surface area contributed by atoms with Gasteiger partial charge in [0.1, 0.15) is 11.5 Å². The van der Waals surface area contributed by atoms with E-state index in [0.717, 1.165) is 9.50 Å². The Labute approximate surface area is 152 Å². The highest BCUT2D eigenvalue weighted by Crippen LogP contribution is 2.31. The van der Waals surface area contributed by atoms with E-state index in [1.807, 2.05) is 18.2 Å². The monoisotopic (exact) mass is 409 g/mol. The van der Waals surface area contributed by atoms with Crippen molar-refractivity contribution in [1.29, 1.82) is 0 Å². The van der Waals surface area contributed by atoms with E-state index < -0.39 is 0 Å². The van der Waals surface area contributed by atoms with Gasteiger partial charge in [0.05, 0.1) is 35.7 Å². The van der Waals surface area contributed by atoms with Crippen LogP contribution in [0.1, 0.15) is 5.56 Å². The predicted molar refractivity (Wildman–Crippen MR) is 97.9 cm³/mol. The van der Waals surface area contributed by atoms with E-state index in [-0.39, 0.29) is 11.7 Å². The number of benzene rings is 1. The number of hydrogen-bond donors (Lipinski definition) is 1. The Morgan fingerprint density at radius 3 is 2.79 bits per heavy atom. The molecule has 1 aromatic heterocycles. The second kappa shape index (κ2) is 9.29. The summed E-state index contributed by atoms with van der Waals surface area (Å²) in [6.07, 6.45) is 3.21. The molecule has 1 aromatic carbocycles. The van der Waals surface area contributed by atoms with Gasteiger partial charge in [-0.25, -0.2) is 10.4 Å². The average Bonchev–Trinajstić information content (AvgIpc) is 2.61. The number of rotatable bonds is 7. The van der Waals surface area contributed by atoms with Gasteiger partial charge >= 0.3 is 0 Å². The van der Waals surface area contributed by atoms with E-state index in [2.05, 4.69) is 31.4 Å². The molecule has 2 aromatic rings. The van der Waals surface area contributed by atoms with Crippen LogP contribution in [0.2, 0.25) is 0 Å². The second-order valence-corrected chi connectivity index (χ2v) is 6.33. The van der Waals surface area contributed by atoms with Crippen LogP contribution in [-0.4, -0.2) is 37.1 Å². The molecule has 0 aliphatic heterocycles. The number of aromatic nitrogens is 1. The summed E-state index contributed by atoms with van der Waals surface area (Å²) < 4.78 is 11.3.